The molecular weight excluding hydrogens is 278 g/mol. The average Bonchev–Trinajstić information content (AvgIpc) is 3.15. The third-order valence-corrected chi connectivity index (χ3v) is 5.74. The van der Waals surface area contributed by atoms with E-state index < -0.39 is 17.8 Å². The standard InChI is InChI=1S/C18H19NO3/c1-10-2-4-11(5-3-10)19-16(20)14-12-6-7-13(15(14)17(21)22)18(12)8-9-18/h2-7,12-15H,8-9H2,1H3,(H,19,20)(H,21,22)/p-1. The molecule has 1 aromatic rings. The first-order chi connectivity index (χ1) is 10.5. The van der Waals surface area contributed by atoms with Crippen LogP contribution >= 0.6 is 0 Å². The minimum Gasteiger partial charge on any atom is -0.550 e. The Balaban J connectivity index is 1.60. The van der Waals surface area contributed by atoms with E-state index >= 15 is 0 Å². The SMILES string of the molecule is Cc1ccc(NC(=O)C2C(C(=O)[O-])C3C=CC2C32CC2)cc1. The molecule has 4 nitrogen and oxygen atoms in total. The number of benzene rings is 1. The highest BCUT2D eigenvalue weighted by Gasteiger charge is 2.68. The summed E-state index contributed by atoms with van der Waals surface area (Å²) in [5.74, 6) is -2.47. The Hall–Kier alpha value is -2.10. The third kappa shape index (κ3) is 1.76. The predicted octanol–water partition coefficient (Wildman–Crippen LogP) is 1.51. The number of nitrogens with one attached hydrogen (secondary N) is 1. The molecule has 1 aromatic carbocycles. The van der Waals surface area contributed by atoms with Gasteiger partial charge in [-0.3, -0.25) is 4.79 Å². The van der Waals surface area contributed by atoms with Gasteiger partial charge in [-0.1, -0.05) is 29.8 Å². The van der Waals surface area contributed by atoms with Crippen molar-refractivity contribution in [3.8, 4) is 0 Å². The van der Waals surface area contributed by atoms with Gasteiger partial charge in [0.15, 0.2) is 0 Å². The van der Waals surface area contributed by atoms with Crippen LogP contribution in [0.4, 0.5) is 5.69 Å². The van der Waals surface area contributed by atoms with Crippen molar-refractivity contribution in [2.24, 2.45) is 29.1 Å². The monoisotopic (exact) mass is 296 g/mol. The topological polar surface area (TPSA) is 69.2 Å². The molecule has 0 heterocycles. The Morgan fingerprint density at radius 1 is 1.09 bits per heavy atom. The van der Waals surface area contributed by atoms with Crippen LogP contribution in [0, 0.1) is 36.0 Å². The molecule has 0 aromatic heterocycles. The Labute approximate surface area is 129 Å². The molecule has 4 rings (SSSR count). The lowest BCUT2D eigenvalue weighted by Gasteiger charge is -2.27. The maximum absolute atomic E-state index is 12.7. The van der Waals surface area contributed by atoms with Gasteiger partial charge in [0, 0.05) is 17.6 Å². The van der Waals surface area contributed by atoms with Crippen molar-refractivity contribution in [3.05, 3.63) is 42.0 Å². The number of allylic oxidation sites excluding steroid dienone is 2. The minimum atomic E-state index is -1.09. The molecule has 4 heteroatoms. The molecule has 4 atom stereocenters. The fourth-order valence-corrected chi connectivity index (χ4v) is 4.54. The van der Waals surface area contributed by atoms with Crippen molar-refractivity contribution in [1.29, 1.82) is 0 Å². The molecule has 3 aliphatic carbocycles. The summed E-state index contributed by atoms with van der Waals surface area (Å²) in [5, 5.41) is 14.5. The van der Waals surface area contributed by atoms with Gasteiger partial charge >= 0.3 is 0 Å². The molecule has 0 saturated heterocycles. The number of rotatable bonds is 3. The number of anilines is 1. The first-order valence-corrected chi connectivity index (χ1v) is 7.80. The summed E-state index contributed by atoms with van der Waals surface area (Å²) in [4.78, 5) is 24.3. The fraction of sp³-hybridized carbons (Fsp3) is 0.444. The number of carboxylic acid groups (broad SMARTS) is 1. The van der Waals surface area contributed by atoms with Crippen molar-refractivity contribution in [2.75, 3.05) is 5.32 Å². The summed E-state index contributed by atoms with van der Waals surface area (Å²) >= 11 is 0. The van der Waals surface area contributed by atoms with Gasteiger partial charge in [0.05, 0.1) is 5.92 Å². The zero-order chi connectivity index (χ0) is 15.5. The van der Waals surface area contributed by atoms with Crippen molar-refractivity contribution < 1.29 is 14.7 Å². The Kier molecular flexibility index (Phi) is 2.74. The molecule has 4 unspecified atom stereocenters. The number of aryl methyl sites for hydroxylation is 1. The van der Waals surface area contributed by atoms with Crippen molar-refractivity contribution in [1.82, 2.24) is 0 Å². The molecule has 114 valence electrons. The molecule has 2 saturated carbocycles. The smallest absolute Gasteiger partial charge is 0.228 e. The van der Waals surface area contributed by atoms with E-state index in [1.54, 1.807) is 0 Å². The highest BCUT2D eigenvalue weighted by Crippen LogP contribution is 2.71. The Morgan fingerprint density at radius 3 is 2.23 bits per heavy atom. The zero-order valence-electron chi connectivity index (χ0n) is 12.4. The van der Waals surface area contributed by atoms with Gasteiger partial charge in [0.1, 0.15) is 0 Å². The first-order valence-electron chi connectivity index (χ1n) is 7.80. The molecule has 3 aliphatic rings. The van der Waals surface area contributed by atoms with Crippen molar-refractivity contribution >= 4 is 17.6 Å². The van der Waals surface area contributed by atoms with Crippen LogP contribution in [0.1, 0.15) is 18.4 Å². The van der Waals surface area contributed by atoms with Crippen LogP contribution in [0.5, 0.6) is 0 Å². The van der Waals surface area contributed by atoms with Gasteiger partial charge in [0.2, 0.25) is 5.91 Å². The number of hydrogen-bond acceptors (Lipinski definition) is 3. The first kappa shape index (κ1) is 13.6. The zero-order valence-corrected chi connectivity index (χ0v) is 12.4. The second-order valence-corrected chi connectivity index (χ2v) is 6.90. The molecule has 1 amide bonds. The van der Waals surface area contributed by atoms with Gasteiger partial charge in [-0.15, -0.1) is 0 Å². The van der Waals surface area contributed by atoms with E-state index in [0.717, 1.165) is 18.4 Å². The number of carbonyl (C=O) groups excluding carboxylic acids is 2. The van der Waals surface area contributed by atoms with Crippen LogP contribution in [0.15, 0.2) is 36.4 Å². The lowest BCUT2D eigenvalue weighted by Crippen LogP contribution is -2.42. The Morgan fingerprint density at radius 2 is 1.68 bits per heavy atom. The van der Waals surface area contributed by atoms with E-state index in [2.05, 4.69) is 11.4 Å². The lowest BCUT2D eigenvalue weighted by molar-refractivity contribution is -0.313. The van der Waals surface area contributed by atoms with Crippen LogP contribution in [0.3, 0.4) is 0 Å². The molecule has 22 heavy (non-hydrogen) atoms. The van der Waals surface area contributed by atoms with E-state index in [0.29, 0.717) is 5.69 Å². The molecular formula is C18H18NO3-. The van der Waals surface area contributed by atoms with Gasteiger partial charge in [-0.25, -0.2) is 0 Å². The third-order valence-electron chi connectivity index (χ3n) is 5.74. The van der Waals surface area contributed by atoms with Crippen LogP contribution in [0.25, 0.3) is 0 Å². The lowest BCUT2D eigenvalue weighted by atomic mass is 9.82. The highest BCUT2D eigenvalue weighted by molar-refractivity contribution is 5.96. The summed E-state index contributed by atoms with van der Waals surface area (Å²) in [6, 6.07) is 7.54. The molecule has 2 fully saturated rings. The summed E-state index contributed by atoms with van der Waals surface area (Å²) in [7, 11) is 0. The molecule has 0 radical (unpaired) electrons. The number of carboxylic acids is 1. The second-order valence-electron chi connectivity index (χ2n) is 6.90. The summed E-state index contributed by atoms with van der Waals surface area (Å²) in [6.45, 7) is 1.98. The van der Waals surface area contributed by atoms with Crippen LogP contribution in [0.2, 0.25) is 0 Å². The highest BCUT2D eigenvalue weighted by atomic mass is 16.4. The summed E-state index contributed by atoms with van der Waals surface area (Å²) < 4.78 is 0. The maximum Gasteiger partial charge on any atom is 0.228 e. The minimum absolute atomic E-state index is 0.0278. The van der Waals surface area contributed by atoms with E-state index in [1.165, 1.54) is 0 Å². The molecule has 1 N–H and O–H groups in total. The molecule has 2 bridgehead atoms. The van der Waals surface area contributed by atoms with Crippen molar-refractivity contribution in [2.45, 2.75) is 19.8 Å². The Bertz CT molecular complexity index is 672. The van der Waals surface area contributed by atoms with Crippen LogP contribution in [-0.4, -0.2) is 11.9 Å². The molecule has 0 aliphatic heterocycles. The largest absolute Gasteiger partial charge is 0.550 e. The maximum atomic E-state index is 12.7. The summed E-state index contributed by atoms with van der Waals surface area (Å²) in [5.41, 5.74) is 1.86. The van der Waals surface area contributed by atoms with Gasteiger partial charge in [-0.2, -0.15) is 0 Å². The quantitative estimate of drug-likeness (QED) is 0.860. The average molecular weight is 296 g/mol. The van der Waals surface area contributed by atoms with Crippen LogP contribution < -0.4 is 10.4 Å². The van der Waals surface area contributed by atoms with Gasteiger partial charge in [-0.05, 0) is 49.1 Å². The normalized spacial score (nSPS) is 33.1. The van der Waals surface area contributed by atoms with Crippen LogP contribution in [-0.2, 0) is 9.59 Å². The van der Waals surface area contributed by atoms with Crippen molar-refractivity contribution in [3.63, 3.8) is 0 Å². The number of aliphatic carboxylic acids is 1. The molecule has 1 spiro atoms. The van der Waals surface area contributed by atoms with E-state index in [1.807, 2.05) is 37.3 Å². The summed E-state index contributed by atoms with van der Waals surface area (Å²) in [6.07, 6.45) is 6.09. The van der Waals surface area contributed by atoms with E-state index in [-0.39, 0.29) is 23.2 Å². The number of amides is 1. The predicted molar refractivity (Wildman–Crippen MR) is 79.6 cm³/mol. The number of hydrogen-bond donors (Lipinski definition) is 1. The van der Waals surface area contributed by atoms with E-state index in [4.69, 9.17) is 0 Å². The van der Waals surface area contributed by atoms with E-state index in [9.17, 15) is 14.7 Å². The second kappa shape index (κ2) is 4.45. The fourth-order valence-electron chi connectivity index (χ4n) is 4.54. The number of carbonyl (C=O) groups is 2. The van der Waals surface area contributed by atoms with Gasteiger partial charge < -0.3 is 15.2 Å². The van der Waals surface area contributed by atoms with Gasteiger partial charge in [0.25, 0.3) is 0 Å².